The van der Waals surface area contributed by atoms with Gasteiger partial charge in [0.2, 0.25) is 0 Å². The van der Waals surface area contributed by atoms with Crippen molar-refractivity contribution >= 4 is 0 Å². The molecule has 0 aliphatic rings. The highest BCUT2D eigenvalue weighted by molar-refractivity contribution is 5.66. The molecule has 2 rings (SSSR count). The molecule has 0 nitrogen and oxygen atoms in total. The summed E-state index contributed by atoms with van der Waals surface area (Å²) in [6, 6.07) is 15.2. The monoisotopic (exact) mass is 240 g/mol. The van der Waals surface area contributed by atoms with Crippen molar-refractivity contribution in [2.75, 3.05) is 0 Å². The Labute approximate surface area is 112 Å². The van der Waals surface area contributed by atoms with E-state index in [1.54, 1.807) is 0 Å². The van der Waals surface area contributed by atoms with Gasteiger partial charge in [0.05, 0.1) is 0 Å². The van der Waals surface area contributed by atoms with E-state index < -0.39 is 0 Å². The van der Waals surface area contributed by atoms with Gasteiger partial charge >= 0.3 is 0 Å². The minimum atomic E-state index is 1.10. The fourth-order valence-corrected chi connectivity index (χ4v) is 2.10. The van der Waals surface area contributed by atoms with E-state index in [9.17, 15) is 0 Å². The van der Waals surface area contributed by atoms with Crippen LogP contribution in [0, 0.1) is 13.8 Å². The maximum absolute atomic E-state index is 2.32. The lowest BCUT2D eigenvalue weighted by Crippen LogP contribution is -1.92. The molecule has 0 fully saturated rings. The lowest BCUT2D eigenvalue weighted by molar-refractivity contribution is 1.10. The van der Waals surface area contributed by atoms with Crippen LogP contribution in [0.3, 0.4) is 0 Å². The SMILES string of the molecule is CC.CCc1cc(-c2ccccc2)cc(C)c1C. The predicted octanol–water partition coefficient (Wildman–Crippen LogP) is 5.56. The first-order valence-corrected chi connectivity index (χ1v) is 6.88. The molecule has 0 N–H and O–H groups in total. The highest BCUT2D eigenvalue weighted by atomic mass is 14.1. The molecule has 18 heavy (non-hydrogen) atoms. The number of benzene rings is 2. The summed E-state index contributed by atoms with van der Waals surface area (Å²) in [5, 5.41) is 0. The van der Waals surface area contributed by atoms with E-state index in [4.69, 9.17) is 0 Å². The smallest absolute Gasteiger partial charge is 0.0178 e. The summed E-state index contributed by atoms with van der Waals surface area (Å²) in [5.74, 6) is 0. The van der Waals surface area contributed by atoms with E-state index >= 15 is 0 Å². The van der Waals surface area contributed by atoms with Gasteiger partial charge in [-0.25, -0.2) is 0 Å². The van der Waals surface area contributed by atoms with Crippen molar-refractivity contribution in [2.45, 2.75) is 41.0 Å². The van der Waals surface area contributed by atoms with Gasteiger partial charge in [0.15, 0.2) is 0 Å². The average molecular weight is 240 g/mol. The molecular formula is C18H24. The van der Waals surface area contributed by atoms with Crippen LogP contribution in [0.25, 0.3) is 11.1 Å². The van der Waals surface area contributed by atoms with E-state index in [-0.39, 0.29) is 0 Å². The van der Waals surface area contributed by atoms with Crippen LogP contribution in [0.5, 0.6) is 0 Å². The van der Waals surface area contributed by atoms with E-state index in [0.717, 1.165) is 6.42 Å². The summed E-state index contributed by atoms with van der Waals surface area (Å²) in [7, 11) is 0. The fourth-order valence-electron chi connectivity index (χ4n) is 2.10. The number of hydrogen-bond donors (Lipinski definition) is 0. The van der Waals surface area contributed by atoms with Crippen molar-refractivity contribution in [3.05, 3.63) is 59.2 Å². The summed E-state index contributed by atoms with van der Waals surface area (Å²) >= 11 is 0. The van der Waals surface area contributed by atoms with Crippen molar-refractivity contribution in [3.63, 3.8) is 0 Å². The Morgan fingerprint density at radius 1 is 0.833 bits per heavy atom. The summed E-state index contributed by atoms with van der Waals surface area (Å²) in [6.45, 7) is 10.6. The van der Waals surface area contributed by atoms with Gasteiger partial charge in [-0.1, -0.05) is 63.2 Å². The molecule has 0 spiro atoms. The first-order valence-electron chi connectivity index (χ1n) is 6.88. The summed E-state index contributed by atoms with van der Waals surface area (Å²) in [6.07, 6.45) is 1.10. The Kier molecular flexibility index (Phi) is 5.64. The van der Waals surface area contributed by atoms with E-state index in [1.807, 2.05) is 13.8 Å². The van der Waals surface area contributed by atoms with Crippen molar-refractivity contribution in [1.82, 2.24) is 0 Å². The second-order valence-corrected chi connectivity index (χ2v) is 4.30. The van der Waals surface area contributed by atoms with Crippen LogP contribution in [0.4, 0.5) is 0 Å². The maximum atomic E-state index is 2.32. The fraction of sp³-hybridized carbons (Fsp3) is 0.333. The molecule has 0 aliphatic carbocycles. The Balaban J connectivity index is 0.000000771. The topological polar surface area (TPSA) is 0 Å². The minimum Gasteiger partial charge on any atom is -0.0683 e. The third kappa shape index (κ3) is 3.22. The molecule has 0 saturated heterocycles. The van der Waals surface area contributed by atoms with Crippen molar-refractivity contribution < 1.29 is 0 Å². The lowest BCUT2D eigenvalue weighted by atomic mass is 9.95. The van der Waals surface area contributed by atoms with Crippen molar-refractivity contribution in [3.8, 4) is 11.1 Å². The average Bonchev–Trinajstić information content (AvgIpc) is 2.45. The molecule has 0 bridgehead atoms. The van der Waals surface area contributed by atoms with E-state index in [1.165, 1.54) is 27.8 Å². The standard InChI is InChI=1S/C16H18.C2H6/c1-4-14-11-16(10-12(2)13(14)3)15-8-6-5-7-9-15;1-2/h5-11H,4H2,1-3H3;1-2H3. The molecule has 0 aromatic heterocycles. The molecule has 0 saturated carbocycles. The summed E-state index contributed by atoms with van der Waals surface area (Å²) < 4.78 is 0. The molecule has 96 valence electrons. The molecule has 0 radical (unpaired) electrons. The number of rotatable bonds is 2. The lowest BCUT2D eigenvalue weighted by Gasteiger charge is -2.11. The summed E-state index contributed by atoms with van der Waals surface area (Å²) in [5.41, 5.74) is 6.92. The third-order valence-corrected chi connectivity index (χ3v) is 3.26. The molecule has 0 heteroatoms. The second kappa shape index (κ2) is 7.00. The van der Waals surface area contributed by atoms with Crippen molar-refractivity contribution in [1.29, 1.82) is 0 Å². The van der Waals surface area contributed by atoms with Crippen LogP contribution in [0.2, 0.25) is 0 Å². The first kappa shape index (κ1) is 14.5. The van der Waals surface area contributed by atoms with Gasteiger partial charge in [0, 0.05) is 0 Å². The molecule has 2 aromatic rings. The first-order chi connectivity index (χ1) is 8.72. The largest absolute Gasteiger partial charge is 0.0683 e. The van der Waals surface area contributed by atoms with Crippen LogP contribution < -0.4 is 0 Å². The van der Waals surface area contributed by atoms with Crippen LogP contribution in [-0.4, -0.2) is 0 Å². The third-order valence-electron chi connectivity index (χ3n) is 3.26. The zero-order valence-corrected chi connectivity index (χ0v) is 12.2. The van der Waals surface area contributed by atoms with Gasteiger partial charge in [-0.3, -0.25) is 0 Å². The number of hydrogen-bond acceptors (Lipinski definition) is 0. The maximum Gasteiger partial charge on any atom is -0.0178 e. The van der Waals surface area contributed by atoms with Gasteiger partial charge in [0.1, 0.15) is 0 Å². The Morgan fingerprint density at radius 3 is 2.00 bits per heavy atom. The van der Waals surface area contributed by atoms with E-state index in [0.29, 0.717) is 0 Å². The Morgan fingerprint density at radius 2 is 1.44 bits per heavy atom. The van der Waals surface area contributed by atoms with Crippen LogP contribution in [-0.2, 0) is 6.42 Å². The van der Waals surface area contributed by atoms with Gasteiger partial charge in [0.25, 0.3) is 0 Å². The second-order valence-electron chi connectivity index (χ2n) is 4.30. The van der Waals surface area contributed by atoms with E-state index in [2.05, 4.69) is 63.2 Å². The highest BCUT2D eigenvalue weighted by Gasteiger charge is 2.04. The van der Waals surface area contributed by atoms with Gasteiger partial charge < -0.3 is 0 Å². The Bertz CT molecular complexity index is 481. The Hall–Kier alpha value is -1.56. The van der Waals surface area contributed by atoms with Crippen LogP contribution >= 0.6 is 0 Å². The molecule has 0 unspecified atom stereocenters. The summed E-state index contributed by atoms with van der Waals surface area (Å²) in [4.78, 5) is 0. The molecule has 0 heterocycles. The zero-order valence-electron chi connectivity index (χ0n) is 12.2. The van der Waals surface area contributed by atoms with Gasteiger partial charge in [-0.05, 0) is 48.1 Å². The molecular weight excluding hydrogens is 216 g/mol. The van der Waals surface area contributed by atoms with Gasteiger partial charge in [-0.2, -0.15) is 0 Å². The molecule has 0 atom stereocenters. The molecule has 0 aliphatic heterocycles. The normalized spacial score (nSPS) is 9.61. The minimum absolute atomic E-state index is 1.10. The zero-order chi connectivity index (χ0) is 13.5. The van der Waals surface area contributed by atoms with Crippen LogP contribution in [0.15, 0.2) is 42.5 Å². The van der Waals surface area contributed by atoms with Crippen molar-refractivity contribution in [2.24, 2.45) is 0 Å². The quantitative estimate of drug-likeness (QED) is 0.644. The number of aryl methyl sites for hydroxylation is 2. The highest BCUT2D eigenvalue weighted by Crippen LogP contribution is 2.25. The predicted molar refractivity (Wildman–Crippen MR) is 82.1 cm³/mol. The molecule has 2 aromatic carbocycles. The van der Waals surface area contributed by atoms with Gasteiger partial charge in [-0.15, -0.1) is 0 Å². The molecule has 0 amide bonds. The van der Waals surface area contributed by atoms with Crippen LogP contribution in [0.1, 0.15) is 37.5 Å².